The quantitative estimate of drug-likeness (QED) is 0.841. The minimum absolute atomic E-state index is 0.0450. The van der Waals surface area contributed by atoms with E-state index in [-0.39, 0.29) is 18.8 Å². The molecule has 7 heteroatoms. The number of nitrogens with two attached hydrogens (primary N) is 1. The molecule has 1 saturated heterocycles. The first-order valence-electron chi connectivity index (χ1n) is 5.41. The van der Waals surface area contributed by atoms with Crippen molar-refractivity contribution in [2.75, 3.05) is 18.8 Å². The van der Waals surface area contributed by atoms with E-state index in [9.17, 15) is 13.2 Å². The van der Waals surface area contributed by atoms with Crippen LogP contribution >= 0.6 is 15.9 Å². The Hall–Kier alpha value is -1.08. The van der Waals surface area contributed by atoms with E-state index in [1.54, 1.807) is 24.3 Å². The van der Waals surface area contributed by atoms with Crippen molar-refractivity contribution in [3.63, 3.8) is 0 Å². The van der Waals surface area contributed by atoms with Gasteiger partial charge in [-0.05, 0) is 17.7 Å². The molecule has 0 bridgehead atoms. The van der Waals surface area contributed by atoms with Gasteiger partial charge in [0.15, 0.2) is 9.84 Å². The maximum Gasteiger partial charge on any atom is 0.314 e. The SMILES string of the molecule is NC(=O)N1CCS(=O)(=O)C(c2ccc(Br)cc2)C1. The van der Waals surface area contributed by atoms with Crippen molar-refractivity contribution in [1.29, 1.82) is 0 Å². The van der Waals surface area contributed by atoms with Crippen LogP contribution in [0.25, 0.3) is 0 Å². The van der Waals surface area contributed by atoms with Crippen LogP contribution in [0.4, 0.5) is 4.79 Å². The number of amides is 2. The van der Waals surface area contributed by atoms with Gasteiger partial charge in [-0.15, -0.1) is 0 Å². The molecular weight excluding hydrogens is 320 g/mol. The summed E-state index contributed by atoms with van der Waals surface area (Å²) in [5.41, 5.74) is 5.89. The first-order chi connectivity index (χ1) is 8.40. The Balaban J connectivity index is 2.33. The summed E-state index contributed by atoms with van der Waals surface area (Å²) in [6.07, 6.45) is 0. The van der Waals surface area contributed by atoms with E-state index in [1.165, 1.54) is 4.90 Å². The number of halogens is 1. The summed E-state index contributed by atoms with van der Waals surface area (Å²) in [7, 11) is -3.22. The smallest absolute Gasteiger partial charge is 0.314 e. The molecule has 1 heterocycles. The fraction of sp³-hybridized carbons (Fsp3) is 0.364. The van der Waals surface area contributed by atoms with Crippen LogP contribution in [-0.4, -0.2) is 38.2 Å². The van der Waals surface area contributed by atoms with Crippen molar-refractivity contribution in [3.8, 4) is 0 Å². The van der Waals surface area contributed by atoms with Crippen molar-refractivity contribution < 1.29 is 13.2 Å². The van der Waals surface area contributed by atoms with E-state index >= 15 is 0 Å². The first kappa shape index (κ1) is 13.4. The molecule has 1 aliphatic rings. The monoisotopic (exact) mass is 332 g/mol. The van der Waals surface area contributed by atoms with Gasteiger partial charge < -0.3 is 10.6 Å². The van der Waals surface area contributed by atoms with E-state index in [0.717, 1.165) is 4.47 Å². The average molecular weight is 333 g/mol. The van der Waals surface area contributed by atoms with Gasteiger partial charge in [0.1, 0.15) is 5.25 Å². The lowest BCUT2D eigenvalue weighted by Crippen LogP contribution is -2.47. The molecule has 1 fully saturated rings. The first-order valence-corrected chi connectivity index (χ1v) is 7.92. The number of carbonyl (C=O) groups excluding carboxylic acids is 1. The summed E-state index contributed by atoms with van der Waals surface area (Å²) in [6, 6.07) is 6.49. The summed E-state index contributed by atoms with van der Waals surface area (Å²) in [6.45, 7) is 0.296. The van der Waals surface area contributed by atoms with Crippen molar-refractivity contribution in [2.45, 2.75) is 5.25 Å². The Kier molecular flexibility index (Phi) is 3.63. The van der Waals surface area contributed by atoms with Crippen LogP contribution in [0.5, 0.6) is 0 Å². The Morgan fingerprint density at radius 1 is 1.33 bits per heavy atom. The van der Waals surface area contributed by atoms with Crippen LogP contribution in [0, 0.1) is 0 Å². The van der Waals surface area contributed by atoms with E-state index in [1.807, 2.05) is 0 Å². The molecule has 98 valence electrons. The molecule has 5 nitrogen and oxygen atoms in total. The van der Waals surface area contributed by atoms with E-state index in [2.05, 4.69) is 15.9 Å². The molecule has 2 rings (SSSR count). The fourth-order valence-corrected chi connectivity index (χ4v) is 3.98. The number of benzene rings is 1. The summed E-state index contributed by atoms with van der Waals surface area (Å²) in [5, 5.41) is -0.688. The zero-order valence-electron chi connectivity index (χ0n) is 9.54. The predicted octanol–water partition coefficient (Wildman–Crippen LogP) is 1.30. The third kappa shape index (κ3) is 2.67. The summed E-state index contributed by atoms with van der Waals surface area (Å²) in [5.74, 6) is -0.0450. The van der Waals surface area contributed by atoms with Crippen LogP contribution in [0.2, 0.25) is 0 Å². The molecule has 1 aliphatic heterocycles. The summed E-state index contributed by atoms with van der Waals surface area (Å²) >= 11 is 3.30. The molecule has 18 heavy (non-hydrogen) atoms. The third-order valence-electron chi connectivity index (χ3n) is 3.02. The lowest BCUT2D eigenvalue weighted by Gasteiger charge is -2.31. The van der Waals surface area contributed by atoms with Gasteiger partial charge in [-0.2, -0.15) is 0 Å². The van der Waals surface area contributed by atoms with Crippen molar-refractivity contribution in [2.24, 2.45) is 5.73 Å². The van der Waals surface area contributed by atoms with Gasteiger partial charge in [-0.1, -0.05) is 28.1 Å². The van der Waals surface area contributed by atoms with Gasteiger partial charge in [0.05, 0.1) is 5.75 Å². The summed E-state index contributed by atoms with van der Waals surface area (Å²) < 4.78 is 25.0. The van der Waals surface area contributed by atoms with Gasteiger partial charge in [0.25, 0.3) is 0 Å². The maximum atomic E-state index is 12.0. The number of rotatable bonds is 1. The number of urea groups is 1. The second-order valence-corrected chi connectivity index (χ2v) is 7.41. The molecule has 0 aliphatic carbocycles. The minimum atomic E-state index is -3.22. The fourth-order valence-electron chi connectivity index (χ4n) is 1.98. The number of sulfone groups is 1. The maximum absolute atomic E-state index is 12.0. The number of carbonyl (C=O) groups is 1. The third-order valence-corrected chi connectivity index (χ3v) is 5.59. The molecule has 0 radical (unpaired) electrons. The number of hydrogen-bond donors (Lipinski definition) is 1. The Labute approximate surface area is 114 Å². The highest BCUT2D eigenvalue weighted by Crippen LogP contribution is 2.28. The minimum Gasteiger partial charge on any atom is -0.351 e. The van der Waals surface area contributed by atoms with Crippen molar-refractivity contribution in [3.05, 3.63) is 34.3 Å². The Morgan fingerprint density at radius 2 is 1.94 bits per heavy atom. The molecule has 1 aromatic carbocycles. The molecule has 2 N–H and O–H groups in total. The second-order valence-electron chi connectivity index (χ2n) is 4.19. The lowest BCUT2D eigenvalue weighted by atomic mass is 10.1. The standard InChI is InChI=1S/C11H13BrN2O3S/c12-9-3-1-8(2-4-9)10-7-14(11(13)15)5-6-18(10,16)17/h1-4,10H,5-7H2,(H2,13,15). The number of primary amides is 1. The topological polar surface area (TPSA) is 80.5 Å². The normalized spacial score (nSPS) is 22.7. The Morgan fingerprint density at radius 3 is 2.50 bits per heavy atom. The van der Waals surface area contributed by atoms with Crippen LogP contribution in [0.1, 0.15) is 10.8 Å². The van der Waals surface area contributed by atoms with Gasteiger partial charge in [-0.25, -0.2) is 13.2 Å². The van der Waals surface area contributed by atoms with Crippen LogP contribution in [0.3, 0.4) is 0 Å². The van der Waals surface area contributed by atoms with Gasteiger partial charge >= 0.3 is 6.03 Å². The van der Waals surface area contributed by atoms with Gasteiger partial charge in [0.2, 0.25) is 0 Å². The van der Waals surface area contributed by atoms with E-state index in [0.29, 0.717) is 5.56 Å². The molecule has 1 aromatic rings. The highest BCUT2D eigenvalue weighted by Gasteiger charge is 2.35. The second kappa shape index (κ2) is 4.89. The molecule has 0 spiro atoms. The molecular formula is C11H13BrN2O3S. The zero-order valence-corrected chi connectivity index (χ0v) is 11.9. The number of nitrogens with zero attached hydrogens (tertiary/aromatic N) is 1. The van der Waals surface area contributed by atoms with Crippen LogP contribution in [0.15, 0.2) is 28.7 Å². The van der Waals surface area contributed by atoms with Crippen LogP contribution in [-0.2, 0) is 9.84 Å². The van der Waals surface area contributed by atoms with Crippen LogP contribution < -0.4 is 5.73 Å². The largest absolute Gasteiger partial charge is 0.351 e. The molecule has 0 saturated carbocycles. The predicted molar refractivity (Wildman–Crippen MR) is 71.8 cm³/mol. The van der Waals surface area contributed by atoms with Crippen molar-refractivity contribution >= 4 is 31.8 Å². The lowest BCUT2D eigenvalue weighted by molar-refractivity contribution is 0.208. The molecule has 1 unspecified atom stereocenters. The van der Waals surface area contributed by atoms with Gasteiger partial charge in [0, 0.05) is 17.6 Å². The Bertz CT molecular complexity index is 556. The average Bonchev–Trinajstić information content (AvgIpc) is 2.30. The van der Waals surface area contributed by atoms with E-state index < -0.39 is 21.1 Å². The van der Waals surface area contributed by atoms with E-state index in [4.69, 9.17) is 5.73 Å². The highest BCUT2D eigenvalue weighted by atomic mass is 79.9. The number of hydrogen-bond acceptors (Lipinski definition) is 3. The summed E-state index contributed by atoms with van der Waals surface area (Å²) in [4.78, 5) is 12.5. The van der Waals surface area contributed by atoms with Crippen molar-refractivity contribution in [1.82, 2.24) is 4.90 Å². The highest BCUT2D eigenvalue weighted by molar-refractivity contribution is 9.10. The molecule has 1 atom stereocenters. The van der Waals surface area contributed by atoms with Gasteiger partial charge in [-0.3, -0.25) is 0 Å². The zero-order chi connectivity index (χ0) is 13.3. The molecule has 0 aromatic heterocycles. The molecule has 2 amide bonds.